The number of hydrogen-bond donors (Lipinski definition) is 7. The zero-order valence-electron chi connectivity index (χ0n) is 18.9. The summed E-state index contributed by atoms with van der Waals surface area (Å²) in [5.41, 5.74) is 6.71. The van der Waals surface area contributed by atoms with Crippen LogP contribution in [-0.4, -0.2) is 74.0 Å². The molecule has 0 radical (unpaired) electrons. The minimum atomic E-state index is -1.60. The van der Waals surface area contributed by atoms with Gasteiger partial charge in [0, 0.05) is 24.7 Å². The van der Waals surface area contributed by atoms with E-state index in [1.165, 1.54) is 19.4 Å². The first-order valence-electron chi connectivity index (χ1n) is 10.7. The Morgan fingerprint density at radius 3 is 2.06 bits per heavy atom. The zero-order valence-corrected chi connectivity index (χ0v) is 18.9. The first-order valence-corrected chi connectivity index (χ1v) is 10.7. The second kappa shape index (κ2) is 12.8. The Labute approximate surface area is 200 Å². The predicted molar refractivity (Wildman–Crippen MR) is 122 cm³/mol. The Kier molecular flexibility index (Phi) is 9.90. The van der Waals surface area contributed by atoms with Crippen LogP contribution in [0.3, 0.4) is 0 Å². The van der Waals surface area contributed by atoms with Crippen LogP contribution in [-0.2, 0) is 36.8 Å². The van der Waals surface area contributed by atoms with E-state index < -0.39 is 60.2 Å². The van der Waals surface area contributed by atoms with Crippen molar-refractivity contribution in [3.8, 4) is 0 Å². The lowest BCUT2D eigenvalue weighted by Gasteiger charge is -2.24. The average Bonchev–Trinajstić information content (AvgIpc) is 3.31. The number of imidazole rings is 1. The number of nitrogens with two attached hydrogens (primary N) is 1. The molecule has 1 aromatic heterocycles. The van der Waals surface area contributed by atoms with Crippen LogP contribution in [0, 0.1) is 0 Å². The Morgan fingerprint density at radius 1 is 0.914 bits per heavy atom. The molecule has 0 bridgehead atoms. The van der Waals surface area contributed by atoms with Crippen molar-refractivity contribution in [3.05, 3.63) is 54.1 Å². The summed E-state index contributed by atoms with van der Waals surface area (Å²) in [6, 6.07) is 3.61. The highest BCUT2D eigenvalue weighted by molar-refractivity contribution is 5.95. The molecule has 8 N–H and O–H groups in total. The number of nitrogens with zero attached hydrogens (tertiary/aromatic N) is 1. The van der Waals surface area contributed by atoms with Crippen LogP contribution in [0.25, 0.3) is 0 Å². The van der Waals surface area contributed by atoms with Gasteiger partial charge in [-0.2, -0.15) is 0 Å². The molecule has 0 aliphatic heterocycles. The van der Waals surface area contributed by atoms with E-state index in [9.17, 15) is 34.2 Å². The lowest BCUT2D eigenvalue weighted by molar-refractivity contribution is -0.143. The molecule has 0 aliphatic carbocycles. The first kappa shape index (κ1) is 27.0. The van der Waals surface area contributed by atoms with Gasteiger partial charge in [0.2, 0.25) is 17.7 Å². The average molecular weight is 489 g/mol. The minimum Gasteiger partial charge on any atom is -0.481 e. The Hall–Kier alpha value is -4.26. The van der Waals surface area contributed by atoms with Crippen molar-refractivity contribution in [2.24, 2.45) is 5.73 Å². The van der Waals surface area contributed by atoms with Crippen LogP contribution < -0.4 is 21.7 Å². The first-order chi connectivity index (χ1) is 16.6. The molecule has 0 aliphatic rings. The van der Waals surface area contributed by atoms with Gasteiger partial charge in [0.15, 0.2) is 0 Å². The van der Waals surface area contributed by atoms with E-state index in [1.54, 1.807) is 30.3 Å². The summed E-state index contributed by atoms with van der Waals surface area (Å²) in [7, 11) is 0. The molecule has 35 heavy (non-hydrogen) atoms. The number of carboxylic acid groups (broad SMARTS) is 2. The number of carbonyl (C=O) groups excluding carboxylic acids is 3. The van der Waals surface area contributed by atoms with Crippen molar-refractivity contribution in [2.75, 3.05) is 0 Å². The van der Waals surface area contributed by atoms with Gasteiger partial charge in [-0.15, -0.1) is 0 Å². The van der Waals surface area contributed by atoms with E-state index in [2.05, 4.69) is 25.9 Å². The maximum atomic E-state index is 13.0. The van der Waals surface area contributed by atoms with Crippen LogP contribution in [0.1, 0.15) is 24.6 Å². The molecule has 4 atom stereocenters. The van der Waals surface area contributed by atoms with Gasteiger partial charge in [-0.3, -0.25) is 19.2 Å². The molecule has 13 heteroatoms. The summed E-state index contributed by atoms with van der Waals surface area (Å²) in [6.07, 6.45) is 1.81. The Morgan fingerprint density at radius 2 is 1.51 bits per heavy atom. The van der Waals surface area contributed by atoms with Crippen molar-refractivity contribution in [3.63, 3.8) is 0 Å². The van der Waals surface area contributed by atoms with Gasteiger partial charge < -0.3 is 36.9 Å². The van der Waals surface area contributed by atoms with Crippen molar-refractivity contribution in [1.82, 2.24) is 25.9 Å². The van der Waals surface area contributed by atoms with E-state index in [4.69, 9.17) is 5.73 Å². The molecule has 13 nitrogen and oxygen atoms in total. The smallest absolute Gasteiger partial charge is 0.326 e. The van der Waals surface area contributed by atoms with Crippen molar-refractivity contribution >= 4 is 29.7 Å². The van der Waals surface area contributed by atoms with Crippen molar-refractivity contribution in [2.45, 2.75) is 50.4 Å². The molecule has 0 fully saturated rings. The lowest BCUT2D eigenvalue weighted by Crippen LogP contribution is -2.58. The molecule has 2 rings (SSSR count). The minimum absolute atomic E-state index is 0.0458. The van der Waals surface area contributed by atoms with Crippen LogP contribution >= 0.6 is 0 Å². The van der Waals surface area contributed by atoms with Gasteiger partial charge in [0.1, 0.15) is 18.1 Å². The van der Waals surface area contributed by atoms with E-state index >= 15 is 0 Å². The lowest BCUT2D eigenvalue weighted by atomic mass is 10.0. The molecule has 0 spiro atoms. The molecule has 0 saturated carbocycles. The highest BCUT2D eigenvalue weighted by Crippen LogP contribution is 2.06. The number of H-pyrrole nitrogens is 1. The topological polar surface area (TPSA) is 217 Å². The SMILES string of the molecule is CC(N)C(=O)NC(Cc1ccccc1)C(=O)NC(CC(=O)O)C(=O)NC(Cc1cnc[nH]1)C(=O)O. The highest BCUT2D eigenvalue weighted by atomic mass is 16.4. The van der Waals surface area contributed by atoms with Crippen molar-refractivity contribution < 1.29 is 34.2 Å². The number of amides is 3. The molecule has 1 heterocycles. The maximum absolute atomic E-state index is 13.0. The highest BCUT2D eigenvalue weighted by Gasteiger charge is 2.31. The summed E-state index contributed by atoms with van der Waals surface area (Å²) < 4.78 is 0. The normalized spacial score (nSPS) is 14.1. The number of aliphatic carboxylic acids is 2. The fraction of sp³-hybridized carbons (Fsp3) is 0.364. The number of aromatic amines is 1. The molecule has 2 aromatic rings. The number of carboxylic acids is 2. The summed E-state index contributed by atoms with van der Waals surface area (Å²) in [5.74, 6) is -5.22. The van der Waals surface area contributed by atoms with Crippen LogP contribution in [0.2, 0.25) is 0 Å². The van der Waals surface area contributed by atoms with Crippen LogP contribution in [0.4, 0.5) is 0 Å². The third-order valence-electron chi connectivity index (χ3n) is 4.93. The standard InChI is InChI=1S/C22H28N6O7/c1-12(23)19(31)26-15(7-13-5-3-2-4-6-13)20(32)27-16(9-18(29)30)21(33)28-17(22(34)35)8-14-10-24-11-25-14/h2-6,10-12,15-17H,7-9,23H2,1H3,(H,24,25)(H,26,31)(H,27,32)(H,28,33)(H,29,30)(H,34,35). The fourth-order valence-corrected chi connectivity index (χ4v) is 3.11. The van der Waals surface area contributed by atoms with E-state index in [0.29, 0.717) is 11.3 Å². The summed E-state index contributed by atoms with van der Waals surface area (Å²) in [6.45, 7) is 1.43. The monoisotopic (exact) mass is 488 g/mol. The van der Waals surface area contributed by atoms with Gasteiger partial charge in [-0.25, -0.2) is 9.78 Å². The van der Waals surface area contributed by atoms with Gasteiger partial charge in [0.25, 0.3) is 0 Å². The number of rotatable bonds is 13. The van der Waals surface area contributed by atoms with Gasteiger partial charge in [0.05, 0.1) is 18.8 Å². The predicted octanol–water partition coefficient (Wildman–Crippen LogP) is -1.44. The third kappa shape index (κ3) is 8.89. The summed E-state index contributed by atoms with van der Waals surface area (Å²) in [4.78, 5) is 67.4. The molecule has 188 valence electrons. The molecule has 1 aromatic carbocycles. The van der Waals surface area contributed by atoms with E-state index in [-0.39, 0.29) is 12.8 Å². The Balaban J connectivity index is 2.18. The zero-order chi connectivity index (χ0) is 26.0. The Bertz CT molecular complexity index is 1030. The molecule has 4 unspecified atom stereocenters. The largest absolute Gasteiger partial charge is 0.481 e. The molecule has 3 amide bonds. The molecule has 0 saturated heterocycles. The number of nitrogens with one attached hydrogen (secondary N) is 4. The third-order valence-corrected chi connectivity index (χ3v) is 4.93. The van der Waals surface area contributed by atoms with Gasteiger partial charge in [-0.05, 0) is 12.5 Å². The van der Waals surface area contributed by atoms with Gasteiger partial charge in [-0.1, -0.05) is 30.3 Å². The van der Waals surface area contributed by atoms with Crippen LogP contribution in [0.5, 0.6) is 0 Å². The molecular formula is C22H28N6O7. The molecular weight excluding hydrogens is 460 g/mol. The fourth-order valence-electron chi connectivity index (χ4n) is 3.11. The maximum Gasteiger partial charge on any atom is 0.326 e. The van der Waals surface area contributed by atoms with E-state index in [0.717, 1.165) is 0 Å². The summed E-state index contributed by atoms with van der Waals surface area (Å²) in [5, 5.41) is 25.7. The summed E-state index contributed by atoms with van der Waals surface area (Å²) >= 11 is 0. The van der Waals surface area contributed by atoms with E-state index in [1.807, 2.05) is 0 Å². The van der Waals surface area contributed by atoms with Gasteiger partial charge >= 0.3 is 11.9 Å². The number of aromatic nitrogens is 2. The number of hydrogen-bond acceptors (Lipinski definition) is 7. The number of benzene rings is 1. The second-order valence-corrected chi connectivity index (χ2v) is 7.88. The quantitative estimate of drug-likeness (QED) is 0.175. The van der Waals surface area contributed by atoms with Crippen LogP contribution in [0.15, 0.2) is 42.9 Å². The number of carbonyl (C=O) groups is 5. The second-order valence-electron chi connectivity index (χ2n) is 7.88. The van der Waals surface area contributed by atoms with Crippen molar-refractivity contribution in [1.29, 1.82) is 0 Å².